The Balaban J connectivity index is 2.35. The minimum atomic E-state index is -0.250. The molecular formula is C19H27N3O2S. The number of nitrogens with one attached hydrogen (secondary N) is 1. The smallest absolute Gasteiger partial charge is 0.281 e. The van der Waals surface area contributed by atoms with Crippen molar-refractivity contribution in [3.8, 4) is 0 Å². The number of hydrogen-bond donors (Lipinski definition) is 1. The minimum Gasteiger partial charge on any atom is -0.343 e. The first-order valence-electron chi connectivity index (χ1n) is 8.86. The molecule has 0 fully saturated rings. The van der Waals surface area contributed by atoms with Crippen LogP contribution in [-0.2, 0) is 4.79 Å². The van der Waals surface area contributed by atoms with E-state index >= 15 is 0 Å². The maximum atomic E-state index is 12.5. The lowest BCUT2D eigenvalue weighted by atomic mass is 10.2. The zero-order chi connectivity index (χ0) is 18.6. The van der Waals surface area contributed by atoms with Gasteiger partial charge in [0, 0.05) is 28.9 Å². The van der Waals surface area contributed by atoms with Crippen LogP contribution in [0.3, 0.4) is 0 Å². The molecule has 0 aliphatic heterocycles. The van der Waals surface area contributed by atoms with E-state index in [1.54, 1.807) is 6.07 Å². The number of carbonyl (C=O) groups excluding carboxylic acids is 1. The highest BCUT2D eigenvalue weighted by molar-refractivity contribution is 7.21. The molecule has 0 saturated heterocycles. The lowest BCUT2D eigenvalue weighted by Gasteiger charge is -2.31. The monoisotopic (exact) mass is 361 g/mol. The molecule has 2 aromatic rings. The third-order valence-corrected chi connectivity index (χ3v) is 5.04. The second-order valence-corrected chi connectivity index (χ2v) is 7.77. The number of nitrogens with zero attached hydrogens (tertiary/aromatic N) is 2. The van der Waals surface area contributed by atoms with Gasteiger partial charge < -0.3 is 10.2 Å². The first kappa shape index (κ1) is 19.4. The van der Waals surface area contributed by atoms with E-state index in [1.165, 1.54) is 11.3 Å². The molecule has 2 rings (SSSR count). The van der Waals surface area contributed by atoms with Gasteiger partial charge in [0.25, 0.3) is 5.56 Å². The number of aromatic nitrogens is 1. The average molecular weight is 362 g/mol. The zero-order valence-electron chi connectivity index (χ0n) is 15.6. The Morgan fingerprint density at radius 2 is 1.92 bits per heavy atom. The number of rotatable bonds is 7. The molecule has 0 aliphatic carbocycles. The fourth-order valence-corrected chi connectivity index (χ4v) is 4.09. The first-order valence-corrected chi connectivity index (χ1v) is 9.68. The molecule has 0 spiro atoms. The minimum absolute atomic E-state index is 0.0207. The van der Waals surface area contributed by atoms with Crippen molar-refractivity contribution in [1.82, 2.24) is 4.98 Å². The van der Waals surface area contributed by atoms with Crippen LogP contribution >= 0.6 is 11.3 Å². The van der Waals surface area contributed by atoms with Crippen LogP contribution in [0.2, 0.25) is 0 Å². The molecule has 1 aromatic heterocycles. The van der Waals surface area contributed by atoms with E-state index in [2.05, 4.69) is 49.8 Å². The van der Waals surface area contributed by atoms with Crippen LogP contribution in [0.4, 0.5) is 10.8 Å². The molecule has 136 valence electrons. The van der Waals surface area contributed by atoms with E-state index in [4.69, 9.17) is 0 Å². The van der Waals surface area contributed by atoms with Gasteiger partial charge in [0.2, 0.25) is 5.91 Å². The Morgan fingerprint density at radius 1 is 1.24 bits per heavy atom. The van der Waals surface area contributed by atoms with E-state index in [0.717, 1.165) is 22.7 Å². The van der Waals surface area contributed by atoms with Gasteiger partial charge in [-0.3, -0.25) is 9.59 Å². The molecule has 1 N–H and O–H groups in total. The van der Waals surface area contributed by atoms with Crippen LogP contribution in [-0.4, -0.2) is 23.0 Å². The average Bonchev–Trinajstić information content (AvgIpc) is 2.53. The Morgan fingerprint density at radius 3 is 2.52 bits per heavy atom. The lowest BCUT2D eigenvalue weighted by Crippen LogP contribution is -2.38. The summed E-state index contributed by atoms with van der Waals surface area (Å²) in [7, 11) is 0. The fraction of sp³-hybridized carbons (Fsp3) is 0.526. The van der Waals surface area contributed by atoms with Crippen molar-refractivity contribution in [2.45, 2.75) is 66.0 Å². The number of anilines is 2. The molecule has 0 aliphatic rings. The summed E-state index contributed by atoms with van der Waals surface area (Å²) in [6, 6.07) is 5.99. The number of fused-ring (bicyclic) bond motifs is 1. The number of benzene rings is 1. The summed E-state index contributed by atoms with van der Waals surface area (Å²) in [4.78, 5) is 30.8. The van der Waals surface area contributed by atoms with Gasteiger partial charge in [-0.1, -0.05) is 24.7 Å². The van der Waals surface area contributed by atoms with E-state index in [1.807, 2.05) is 12.1 Å². The largest absolute Gasteiger partial charge is 0.343 e. The summed E-state index contributed by atoms with van der Waals surface area (Å²) in [6.07, 6.45) is 2.34. The van der Waals surface area contributed by atoms with Crippen LogP contribution < -0.4 is 15.8 Å². The molecule has 6 heteroatoms. The predicted octanol–water partition coefficient (Wildman–Crippen LogP) is 4.41. The highest BCUT2D eigenvalue weighted by Gasteiger charge is 2.18. The number of hydrogen-bond acceptors (Lipinski definition) is 5. The van der Waals surface area contributed by atoms with E-state index in [0.29, 0.717) is 17.5 Å². The van der Waals surface area contributed by atoms with Crippen molar-refractivity contribution in [3.63, 3.8) is 0 Å². The second kappa shape index (κ2) is 8.43. The fourth-order valence-electron chi connectivity index (χ4n) is 2.84. The van der Waals surface area contributed by atoms with Crippen molar-refractivity contribution in [1.29, 1.82) is 0 Å². The summed E-state index contributed by atoms with van der Waals surface area (Å²) in [5, 5.41) is 4.15. The lowest BCUT2D eigenvalue weighted by molar-refractivity contribution is -0.116. The quantitative estimate of drug-likeness (QED) is 0.793. The highest BCUT2D eigenvalue weighted by Crippen LogP contribution is 2.28. The van der Waals surface area contributed by atoms with Crippen molar-refractivity contribution in [3.05, 3.63) is 28.6 Å². The zero-order valence-corrected chi connectivity index (χ0v) is 16.4. The van der Waals surface area contributed by atoms with Gasteiger partial charge in [-0.05, 0) is 52.3 Å². The standard InChI is InChI=1S/C19H27N3O2S/c1-6-7-8-17(23)20-14-9-10-16-15(11-14)18(24)21-19(25-16)22(12(2)3)13(4)5/h9-13H,6-8H2,1-5H3,(H,20,23). The van der Waals surface area contributed by atoms with Crippen molar-refractivity contribution >= 4 is 38.1 Å². The maximum Gasteiger partial charge on any atom is 0.281 e. The van der Waals surface area contributed by atoms with Crippen LogP contribution in [0.1, 0.15) is 53.9 Å². The van der Waals surface area contributed by atoms with Crippen LogP contribution in [0, 0.1) is 0 Å². The van der Waals surface area contributed by atoms with Crippen molar-refractivity contribution in [2.24, 2.45) is 0 Å². The van der Waals surface area contributed by atoms with Crippen LogP contribution in [0.15, 0.2) is 23.0 Å². The molecule has 25 heavy (non-hydrogen) atoms. The van der Waals surface area contributed by atoms with Gasteiger partial charge in [0.15, 0.2) is 5.13 Å². The molecule has 0 bridgehead atoms. The third kappa shape index (κ3) is 4.78. The van der Waals surface area contributed by atoms with Gasteiger partial charge in [0.05, 0.1) is 5.39 Å². The summed E-state index contributed by atoms with van der Waals surface area (Å²) in [5.41, 5.74) is 0.400. The summed E-state index contributed by atoms with van der Waals surface area (Å²) < 4.78 is 0.882. The van der Waals surface area contributed by atoms with Crippen molar-refractivity contribution in [2.75, 3.05) is 10.2 Å². The van der Waals surface area contributed by atoms with Gasteiger partial charge in [0.1, 0.15) is 0 Å². The van der Waals surface area contributed by atoms with Crippen LogP contribution in [0.25, 0.3) is 10.1 Å². The topological polar surface area (TPSA) is 62.3 Å². The Kier molecular flexibility index (Phi) is 6.53. The molecule has 0 unspecified atom stereocenters. The van der Waals surface area contributed by atoms with Gasteiger partial charge in [-0.2, -0.15) is 4.98 Å². The molecule has 0 saturated carbocycles. The van der Waals surface area contributed by atoms with Crippen molar-refractivity contribution < 1.29 is 4.79 Å². The SMILES string of the molecule is CCCCC(=O)Nc1ccc2sc(N(C(C)C)C(C)C)nc(=O)c2c1. The third-order valence-electron chi connectivity index (χ3n) is 3.98. The van der Waals surface area contributed by atoms with Crippen LogP contribution in [0.5, 0.6) is 0 Å². The normalized spacial score (nSPS) is 11.3. The molecular weight excluding hydrogens is 334 g/mol. The Labute approximate surface area is 153 Å². The summed E-state index contributed by atoms with van der Waals surface area (Å²) in [5.74, 6) is -0.0207. The maximum absolute atomic E-state index is 12.5. The number of amides is 1. The van der Waals surface area contributed by atoms with Gasteiger partial charge in [-0.25, -0.2) is 0 Å². The highest BCUT2D eigenvalue weighted by atomic mass is 32.1. The molecule has 1 aromatic carbocycles. The molecule has 0 radical (unpaired) electrons. The van der Waals surface area contributed by atoms with Gasteiger partial charge in [-0.15, -0.1) is 0 Å². The van der Waals surface area contributed by atoms with E-state index < -0.39 is 0 Å². The molecule has 1 heterocycles. The Bertz CT molecular complexity index is 791. The predicted molar refractivity (Wildman–Crippen MR) is 107 cm³/mol. The summed E-state index contributed by atoms with van der Waals surface area (Å²) >= 11 is 1.51. The van der Waals surface area contributed by atoms with E-state index in [9.17, 15) is 9.59 Å². The first-order chi connectivity index (χ1) is 11.8. The molecule has 0 atom stereocenters. The van der Waals surface area contributed by atoms with Gasteiger partial charge >= 0.3 is 0 Å². The molecule has 1 amide bonds. The number of unbranched alkanes of at least 4 members (excludes halogenated alkanes) is 1. The number of carbonyl (C=O) groups is 1. The Hall–Kier alpha value is -1.95. The second-order valence-electron chi connectivity index (χ2n) is 6.76. The summed E-state index contributed by atoms with van der Waals surface area (Å²) in [6.45, 7) is 10.4. The molecule has 5 nitrogen and oxygen atoms in total. The van der Waals surface area contributed by atoms with E-state index in [-0.39, 0.29) is 23.6 Å².